The Hall–Kier alpha value is -0.930. The Balaban J connectivity index is 2.68. The summed E-state index contributed by atoms with van der Waals surface area (Å²) >= 11 is 3.43. The molecule has 0 aliphatic carbocycles. The summed E-state index contributed by atoms with van der Waals surface area (Å²) in [4.78, 5) is 4.21. The Labute approximate surface area is 84.9 Å². The number of aromatic nitrogens is 1. The van der Waals surface area contributed by atoms with Gasteiger partial charge in [0.25, 0.3) is 0 Å². The monoisotopic (exact) mass is 236 g/mol. The van der Waals surface area contributed by atoms with Crippen molar-refractivity contribution in [3.63, 3.8) is 0 Å². The lowest BCUT2D eigenvalue weighted by Crippen LogP contribution is -1.98. The number of fused-ring (bicyclic) bond motifs is 1. The molecule has 0 aliphatic rings. The van der Waals surface area contributed by atoms with Gasteiger partial charge in [0.2, 0.25) is 0 Å². The molecule has 1 aromatic carbocycles. The second-order valence-corrected chi connectivity index (χ2v) is 3.79. The van der Waals surface area contributed by atoms with E-state index in [0.717, 1.165) is 15.6 Å². The van der Waals surface area contributed by atoms with Crippen LogP contribution in [0.2, 0.25) is 0 Å². The van der Waals surface area contributed by atoms with Gasteiger partial charge >= 0.3 is 0 Å². The maximum Gasteiger partial charge on any atom is 0.0545 e. The van der Waals surface area contributed by atoms with E-state index in [2.05, 4.69) is 27.0 Å². The smallest absolute Gasteiger partial charge is 0.0545 e. The Morgan fingerprint density at radius 1 is 1.23 bits per heavy atom. The lowest BCUT2D eigenvalue weighted by molar-refractivity contribution is 0.998. The van der Waals surface area contributed by atoms with Gasteiger partial charge in [-0.1, -0.05) is 22.0 Å². The van der Waals surface area contributed by atoms with Crippen molar-refractivity contribution < 1.29 is 0 Å². The Kier molecular flexibility index (Phi) is 2.29. The average molecular weight is 237 g/mol. The fraction of sp³-hybridized carbons (Fsp3) is 0.100. The van der Waals surface area contributed by atoms with Crippen molar-refractivity contribution in [2.24, 2.45) is 5.73 Å². The first-order valence-corrected chi connectivity index (χ1v) is 4.83. The molecule has 0 radical (unpaired) electrons. The third-order valence-corrected chi connectivity index (χ3v) is 2.44. The molecule has 0 amide bonds. The average Bonchev–Trinajstić information content (AvgIpc) is 2.16. The van der Waals surface area contributed by atoms with Crippen molar-refractivity contribution in [2.45, 2.75) is 6.54 Å². The summed E-state index contributed by atoms with van der Waals surface area (Å²) in [7, 11) is 0. The predicted octanol–water partition coefficient (Wildman–Crippen LogP) is 2.46. The maximum atomic E-state index is 5.50. The van der Waals surface area contributed by atoms with E-state index < -0.39 is 0 Å². The molecule has 0 saturated heterocycles. The normalized spacial score (nSPS) is 10.6. The van der Waals surface area contributed by atoms with Crippen LogP contribution in [0.25, 0.3) is 10.8 Å². The summed E-state index contributed by atoms with van der Waals surface area (Å²) in [5, 5.41) is 2.31. The molecule has 0 fully saturated rings. The van der Waals surface area contributed by atoms with Crippen molar-refractivity contribution >= 4 is 26.7 Å². The predicted molar refractivity (Wildman–Crippen MR) is 57.3 cm³/mol. The van der Waals surface area contributed by atoms with Crippen molar-refractivity contribution in [3.8, 4) is 0 Å². The van der Waals surface area contributed by atoms with Crippen LogP contribution in [0.4, 0.5) is 0 Å². The number of nitrogens with two attached hydrogens (primary N) is 1. The van der Waals surface area contributed by atoms with Crippen LogP contribution in [0.3, 0.4) is 0 Å². The maximum absolute atomic E-state index is 5.50. The van der Waals surface area contributed by atoms with Gasteiger partial charge in [-0.15, -0.1) is 0 Å². The summed E-state index contributed by atoms with van der Waals surface area (Å²) in [6.45, 7) is 0.489. The standard InChI is InChI=1S/C10H9BrN2/c11-9-2-1-7-6-13-10(5-12)4-8(7)3-9/h1-4,6H,5,12H2. The van der Waals surface area contributed by atoms with Gasteiger partial charge in [-0.25, -0.2) is 0 Å². The van der Waals surface area contributed by atoms with Gasteiger partial charge in [0.15, 0.2) is 0 Å². The van der Waals surface area contributed by atoms with Crippen LogP contribution < -0.4 is 5.73 Å². The molecular formula is C10H9BrN2. The van der Waals surface area contributed by atoms with Crippen LogP contribution in [0.5, 0.6) is 0 Å². The Morgan fingerprint density at radius 2 is 2.08 bits per heavy atom. The summed E-state index contributed by atoms with van der Waals surface area (Å²) in [6.07, 6.45) is 1.85. The number of rotatable bonds is 1. The molecular weight excluding hydrogens is 228 g/mol. The van der Waals surface area contributed by atoms with Gasteiger partial charge < -0.3 is 5.73 Å². The third-order valence-electron chi connectivity index (χ3n) is 1.95. The molecule has 0 unspecified atom stereocenters. The molecule has 2 N–H and O–H groups in total. The van der Waals surface area contributed by atoms with E-state index in [1.165, 1.54) is 5.39 Å². The largest absolute Gasteiger partial charge is 0.325 e. The zero-order chi connectivity index (χ0) is 9.26. The highest BCUT2D eigenvalue weighted by atomic mass is 79.9. The van der Waals surface area contributed by atoms with Gasteiger partial charge in [-0.05, 0) is 23.6 Å². The first-order valence-electron chi connectivity index (χ1n) is 4.04. The Morgan fingerprint density at radius 3 is 2.85 bits per heavy atom. The van der Waals surface area contributed by atoms with E-state index in [0.29, 0.717) is 6.54 Å². The van der Waals surface area contributed by atoms with Crippen LogP contribution in [0, 0.1) is 0 Å². The number of hydrogen-bond donors (Lipinski definition) is 1. The number of pyridine rings is 1. The molecule has 1 heterocycles. The van der Waals surface area contributed by atoms with Crippen molar-refractivity contribution in [1.82, 2.24) is 4.98 Å². The highest BCUT2D eigenvalue weighted by molar-refractivity contribution is 9.10. The van der Waals surface area contributed by atoms with E-state index in [-0.39, 0.29) is 0 Å². The number of nitrogens with zero attached hydrogens (tertiary/aromatic N) is 1. The minimum Gasteiger partial charge on any atom is -0.325 e. The van der Waals surface area contributed by atoms with Crippen LogP contribution in [-0.4, -0.2) is 4.98 Å². The van der Waals surface area contributed by atoms with Crippen molar-refractivity contribution in [2.75, 3.05) is 0 Å². The second-order valence-electron chi connectivity index (χ2n) is 2.87. The molecule has 1 aromatic heterocycles. The van der Waals surface area contributed by atoms with Gasteiger partial charge in [-0.2, -0.15) is 0 Å². The van der Waals surface area contributed by atoms with Gasteiger partial charge in [0.05, 0.1) is 5.69 Å². The molecule has 2 aromatic rings. The van der Waals surface area contributed by atoms with Crippen LogP contribution in [0.1, 0.15) is 5.69 Å². The van der Waals surface area contributed by atoms with E-state index in [4.69, 9.17) is 5.73 Å². The quantitative estimate of drug-likeness (QED) is 0.827. The van der Waals surface area contributed by atoms with Gasteiger partial charge in [0, 0.05) is 22.6 Å². The second kappa shape index (κ2) is 3.44. The molecule has 0 bridgehead atoms. The first kappa shape index (κ1) is 8.66. The molecule has 66 valence electrons. The van der Waals surface area contributed by atoms with Crippen LogP contribution in [0.15, 0.2) is 34.9 Å². The zero-order valence-electron chi connectivity index (χ0n) is 7.00. The topological polar surface area (TPSA) is 38.9 Å². The first-order chi connectivity index (χ1) is 6.29. The van der Waals surface area contributed by atoms with E-state index in [9.17, 15) is 0 Å². The molecule has 0 saturated carbocycles. The van der Waals surface area contributed by atoms with Gasteiger partial charge in [-0.3, -0.25) is 4.98 Å². The van der Waals surface area contributed by atoms with Crippen molar-refractivity contribution in [3.05, 3.63) is 40.6 Å². The fourth-order valence-electron chi connectivity index (χ4n) is 1.27. The molecule has 0 aliphatic heterocycles. The van der Waals surface area contributed by atoms with Gasteiger partial charge in [0.1, 0.15) is 0 Å². The molecule has 3 heteroatoms. The molecule has 13 heavy (non-hydrogen) atoms. The van der Waals surface area contributed by atoms with Crippen LogP contribution in [-0.2, 0) is 6.54 Å². The summed E-state index contributed by atoms with van der Waals surface area (Å²) < 4.78 is 1.08. The van der Waals surface area contributed by atoms with Crippen molar-refractivity contribution in [1.29, 1.82) is 0 Å². The van der Waals surface area contributed by atoms with Crippen LogP contribution >= 0.6 is 15.9 Å². The molecule has 0 atom stereocenters. The third kappa shape index (κ3) is 1.71. The summed E-state index contributed by atoms with van der Waals surface area (Å²) in [6, 6.07) is 8.12. The minimum absolute atomic E-state index is 0.489. The van der Waals surface area contributed by atoms with E-state index >= 15 is 0 Å². The van der Waals surface area contributed by atoms with E-state index in [1.807, 2.05) is 24.4 Å². The fourth-order valence-corrected chi connectivity index (χ4v) is 1.65. The number of hydrogen-bond acceptors (Lipinski definition) is 2. The zero-order valence-corrected chi connectivity index (χ0v) is 8.58. The lowest BCUT2D eigenvalue weighted by atomic mass is 10.1. The molecule has 0 spiro atoms. The minimum atomic E-state index is 0.489. The summed E-state index contributed by atoms with van der Waals surface area (Å²) in [5.74, 6) is 0. The number of benzene rings is 1. The SMILES string of the molecule is NCc1cc2cc(Br)ccc2cn1. The molecule has 2 rings (SSSR count). The molecule has 2 nitrogen and oxygen atoms in total. The number of halogens is 1. The Bertz CT molecular complexity index is 440. The lowest BCUT2D eigenvalue weighted by Gasteiger charge is -2.00. The highest BCUT2D eigenvalue weighted by Gasteiger charge is 1.96. The summed E-state index contributed by atoms with van der Waals surface area (Å²) in [5.41, 5.74) is 6.43. The highest BCUT2D eigenvalue weighted by Crippen LogP contribution is 2.19. The van der Waals surface area contributed by atoms with E-state index in [1.54, 1.807) is 0 Å².